The van der Waals surface area contributed by atoms with Gasteiger partial charge in [-0.05, 0) is 105 Å². The summed E-state index contributed by atoms with van der Waals surface area (Å²) in [6.07, 6.45) is 1.74. The van der Waals surface area contributed by atoms with E-state index in [-0.39, 0.29) is 24.5 Å². The van der Waals surface area contributed by atoms with Crippen LogP contribution in [0.2, 0.25) is 5.02 Å². The molecule has 0 saturated carbocycles. The van der Waals surface area contributed by atoms with E-state index < -0.39 is 0 Å². The molecule has 3 aromatic rings. The Morgan fingerprint density at radius 1 is 1.08 bits per heavy atom. The van der Waals surface area contributed by atoms with Crippen LogP contribution in [0.3, 0.4) is 0 Å². The van der Waals surface area contributed by atoms with Crippen LogP contribution in [0, 0.1) is 14.1 Å². The molecule has 5 rings (SSSR count). The number of hydrogen-bond acceptors (Lipinski definition) is 6. The number of fused-ring (bicyclic) bond motifs is 1. The Bertz CT molecular complexity index is 1400. The molecule has 6 nitrogen and oxygen atoms in total. The van der Waals surface area contributed by atoms with Gasteiger partial charge in [0.1, 0.15) is 12.4 Å². The first-order valence-electron chi connectivity index (χ1n) is 10.8. The second-order valence-electron chi connectivity index (χ2n) is 8.16. The van der Waals surface area contributed by atoms with Gasteiger partial charge in [0.15, 0.2) is 11.5 Å². The van der Waals surface area contributed by atoms with Crippen molar-refractivity contribution in [3.8, 4) is 17.2 Å². The maximum absolute atomic E-state index is 13.1. The largest absolute Gasteiger partial charge is 0.487 e. The van der Waals surface area contributed by atoms with Gasteiger partial charge < -0.3 is 14.2 Å². The van der Waals surface area contributed by atoms with Crippen molar-refractivity contribution < 1.29 is 23.8 Å². The second kappa shape index (κ2) is 10.8. The monoisotopic (exact) mass is 745 g/mol. The van der Waals surface area contributed by atoms with E-state index in [1.54, 1.807) is 18.2 Å². The number of aryl methyl sites for hydroxylation is 1. The highest BCUT2D eigenvalue weighted by atomic mass is 127. The quantitative estimate of drug-likeness (QED) is 0.194. The molecule has 0 unspecified atom stereocenters. The van der Waals surface area contributed by atoms with E-state index in [2.05, 4.69) is 64.2 Å². The zero-order valence-electron chi connectivity index (χ0n) is 18.8. The lowest BCUT2D eigenvalue weighted by Gasteiger charge is -2.14. The number of thioether (sulfide) groups is 1. The summed E-state index contributed by atoms with van der Waals surface area (Å²) >= 11 is 11.7. The summed E-state index contributed by atoms with van der Waals surface area (Å²) in [6, 6.07) is 15.4. The highest BCUT2D eigenvalue weighted by molar-refractivity contribution is 14.1. The molecule has 2 aliphatic heterocycles. The first kappa shape index (κ1) is 25.7. The number of benzene rings is 3. The summed E-state index contributed by atoms with van der Waals surface area (Å²) < 4.78 is 18.7. The summed E-state index contributed by atoms with van der Waals surface area (Å²) in [7, 11) is 0. The van der Waals surface area contributed by atoms with Gasteiger partial charge in [-0.2, -0.15) is 0 Å². The van der Waals surface area contributed by atoms with E-state index in [1.807, 2.05) is 24.3 Å². The molecule has 1 saturated heterocycles. The molecule has 184 valence electrons. The number of hydrogen-bond donors (Lipinski definition) is 0. The van der Waals surface area contributed by atoms with Crippen molar-refractivity contribution in [1.29, 1.82) is 0 Å². The van der Waals surface area contributed by atoms with Crippen molar-refractivity contribution in [1.82, 2.24) is 4.90 Å². The third kappa shape index (κ3) is 5.48. The molecule has 0 radical (unpaired) electrons. The van der Waals surface area contributed by atoms with Crippen molar-refractivity contribution in [3.63, 3.8) is 0 Å². The average molecular weight is 746 g/mol. The number of amides is 2. The molecule has 0 aromatic heterocycles. The standard InChI is InChI=1S/C26H18ClI2NO5S/c1-14-3-2-4-15(5-14)12-33-24-19(28)6-16(7-20(24)29)8-23-25(31)30(26(32)36-23)11-17-9-21-22(10-18(17)27)35-13-34-21/h2-10H,11-13H2,1H3/b23-8-. The van der Waals surface area contributed by atoms with Crippen LogP contribution in [-0.4, -0.2) is 22.8 Å². The summed E-state index contributed by atoms with van der Waals surface area (Å²) in [5.41, 5.74) is 3.72. The number of halogens is 3. The van der Waals surface area contributed by atoms with Crippen LogP contribution < -0.4 is 14.2 Å². The van der Waals surface area contributed by atoms with Gasteiger partial charge in [0, 0.05) is 11.1 Å². The maximum Gasteiger partial charge on any atom is 0.293 e. The highest BCUT2D eigenvalue weighted by Crippen LogP contribution is 2.40. The van der Waals surface area contributed by atoms with Crippen LogP contribution in [0.25, 0.3) is 6.08 Å². The molecular weight excluding hydrogens is 728 g/mol. The molecule has 2 amide bonds. The van der Waals surface area contributed by atoms with Gasteiger partial charge in [0.25, 0.3) is 11.1 Å². The van der Waals surface area contributed by atoms with Gasteiger partial charge >= 0.3 is 0 Å². The predicted octanol–water partition coefficient (Wildman–Crippen LogP) is 7.40. The predicted molar refractivity (Wildman–Crippen MR) is 156 cm³/mol. The zero-order chi connectivity index (χ0) is 25.4. The minimum Gasteiger partial charge on any atom is -0.487 e. The Balaban J connectivity index is 1.32. The molecule has 0 aliphatic carbocycles. The molecule has 0 bridgehead atoms. The minimum atomic E-state index is -0.358. The summed E-state index contributed by atoms with van der Waals surface area (Å²) in [6.45, 7) is 2.69. The molecule has 3 aromatic carbocycles. The number of ether oxygens (including phenoxy) is 3. The van der Waals surface area contributed by atoms with Crippen molar-refractivity contribution in [2.24, 2.45) is 0 Å². The van der Waals surface area contributed by atoms with E-state index in [1.165, 1.54) is 10.5 Å². The molecule has 1 fully saturated rings. The molecular formula is C26H18ClI2NO5S. The fraction of sp³-hybridized carbons (Fsp3) is 0.154. The Kier molecular flexibility index (Phi) is 7.70. The number of carbonyl (C=O) groups excluding carboxylic acids is 2. The second-order valence-corrected chi connectivity index (χ2v) is 11.9. The molecule has 0 N–H and O–H groups in total. The molecule has 2 heterocycles. The van der Waals surface area contributed by atoms with E-state index in [9.17, 15) is 9.59 Å². The zero-order valence-corrected chi connectivity index (χ0v) is 24.7. The fourth-order valence-corrected chi connectivity index (χ4v) is 6.98. The van der Waals surface area contributed by atoms with Crippen molar-refractivity contribution >= 4 is 85.8 Å². The number of nitrogens with zero attached hydrogens (tertiary/aromatic N) is 1. The molecule has 36 heavy (non-hydrogen) atoms. The number of carbonyl (C=O) groups is 2. The lowest BCUT2D eigenvalue weighted by Crippen LogP contribution is -2.27. The van der Waals surface area contributed by atoms with Crippen molar-refractivity contribution in [3.05, 3.63) is 87.9 Å². The van der Waals surface area contributed by atoms with Gasteiger partial charge in [0.05, 0.1) is 18.6 Å². The van der Waals surface area contributed by atoms with Gasteiger partial charge in [-0.25, -0.2) is 0 Å². The lowest BCUT2D eigenvalue weighted by molar-refractivity contribution is -0.123. The Labute approximate surface area is 244 Å². The van der Waals surface area contributed by atoms with Crippen LogP contribution >= 0.6 is 68.5 Å². The van der Waals surface area contributed by atoms with Gasteiger partial charge in [-0.3, -0.25) is 14.5 Å². The Hall–Kier alpha value is -1.96. The topological polar surface area (TPSA) is 65.1 Å². The Morgan fingerprint density at radius 3 is 2.53 bits per heavy atom. The van der Waals surface area contributed by atoms with Gasteiger partial charge in [-0.1, -0.05) is 41.4 Å². The molecule has 0 atom stereocenters. The third-order valence-electron chi connectivity index (χ3n) is 5.53. The SMILES string of the molecule is Cc1cccc(COc2c(I)cc(/C=C3\SC(=O)N(Cc4cc5c(cc4Cl)OCO5)C3=O)cc2I)c1. The van der Waals surface area contributed by atoms with Crippen LogP contribution in [0.1, 0.15) is 22.3 Å². The van der Waals surface area contributed by atoms with Crippen molar-refractivity contribution in [2.45, 2.75) is 20.1 Å². The van der Waals surface area contributed by atoms with Crippen LogP contribution in [-0.2, 0) is 17.9 Å². The fourth-order valence-electron chi connectivity index (χ4n) is 3.80. The van der Waals surface area contributed by atoms with Crippen LogP contribution in [0.4, 0.5) is 4.79 Å². The summed E-state index contributed by atoms with van der Waals surface area (Å²) in [5, 5.41) is 0.0649. The molecule has 2 aliphatic rings. The molecule has 10 heteroatoms. The summed E-state index contributed by atoms with van der Waals surface area (Å²) in [4.78, 5) is 27.3. The lowest BCUT2D eigenvalue weighted by atomic mass is 10.1. The van der Waals surface area contributed by atoms with E-state index >= 15 is 0 Å². The smallest absolute Gasteiger partial charge is 0.293 e. The normalized spacial score (nSPS) is 15.8. The maximum atomic E-state index is 13.1. The first-order valence-corrected chi connectivity index (χ1v) is 14.1. The number of imide groups is 1. The van der Waals surface area contributed by atoms with Crippen LogP contribution in [0.15, 0.2) is 53.4 Å². The third-order valence-corrected chi connectivity index (χ3v) is 8.39. The van der Waals surface area contributed by atoms with E-state index in [4.69, 9.17) is 25.8 Å². The average Bonchev–Trinajstić information content (AvgIpc) is 3.37. The van der Waals surface area contributed by atoms with Gasteiger partial charge in [-0.15, -0.1) is 0 Å². The van der Waals surface area contributed by atoms with Crippen LogP contribution in [0.5, 0.6) is 17.2 Å². The van der Waals surface area contributed by atoms with E-state index in [0.29, 0.717) is 33.6 Å². The molecule has 0 spiro atoms. The minimum absolute atomic E-state index is 0.0539. The van der Waals surface area contributed by atoms with Gasteiger partial charge in [0.2, 0.25) is 6.79 Å². The summed E-state index contributed by atoms with van der Waals surface area (Å²) in [5.74, 6) is 1.53. The van der Waals surface area contributed by atoms with Crippen molar-refractivity contribution in [2.75, 3.05) is 6.79 Å². The number of rotatable bonds is 6. The van der Waals surface area contributed by atoms with E-state index in [0.717, 1.165) is 35.8 Å². The Morgan fingerprint density at radius 2 is 1.81 bits per heavy atom. The first-order chi connectivity index (χ1) is 17.3. The highest BCUT2D eigenvalue weighted by Gasteiger charge is 2.36.